The molecule has 0 saturated carbocycles. The van der Waals surface area contributed by atoms with Crippen molar-refractivity contribution in [1.29, 1.82) is 0 Å². The molecule has 262 valence electrons. The molecule has 45 heavy (non-hydrogen) atoms. The van der Waals surface area contributed by atoms with Crippen molar-refractivity contribution in [2.24, 2.45) is 0 Å². The van der Waals surface area contributed by atoms with Crippen LogP contribution in [-0.4, -0.2) is 175 Å². The lowest BCUT2D eigenvalue weighted by Crippen LogP contribution is -2.28. The number of carbonyl (C=O) groups is 3. The molecule has 0 spiro atoms. The van der Waals surface area contributed by atoms with Crippen LogP contribution in [0.2, 0.25) is 0 Å². The van der Waals surface area contributed by atoms with E-state index in [0.717, 1.165) is 6.08 Å². The van der Waals surface area contributed by atoms with E-state index in [2.05, 4.69) is 10.6 Å². The van der Waals surface area contributed by atoms with E-state index < -0.39 is 11.8 Å². The number of aliphatic hydroxyl groups is 1. The van der Waals surface area contributed by atoms with Crippen molar-refractivity contribution >= 4 is 17.6 Å². The first kappa shape index (κ1) is 41.1. The molecule has 0 radical (unpaired) electrons. The third-order valence-corrected chi connectivity index (χ3v) is 5.55. The fourth-order valence-electron chi connectivity index (χ4n) is 3.38. The number of imide groups is 1. The van der Waals surface area contributed by atoms with Crippen LogP contribution >= 0.6 is 0 Å². The predicted octanol–water partition coefficient (Wildman–Crippen LogP) is -1.72. The summed E-state index contributed by atoms with van der Waals surface area (Å²) in [4.78, 5) is 34.3. The van der Waals surface area contributed by atoms with E-state index >= 15 is 0 Å². The van der Waals surface area contributed by atoms with Crippen LogP contribution in [0, 0.1) is 0 Å². The Hall–Kier alpha value is -1.93. The maximum absolute atomic E-state index is 11.8. The zero-order chi connectivity index (χ0) is 32.5. The maximum Gasteiger partial charge on any atom is 0.254 e. The van der Waals surface area contributed by atoms with E-state index in [0.29, 0.717) is 139 Å². The van der Waals surface area contributed by atoms with Crippen LogP contribution in [0.4, 0.5) is 0 Å². The smallest absolute Gasteiger partial charge is 0.254 e. The van der Waals surface area contributed by atoms with Gasteiger partial charge >= 0.3 is 0 Å². The van der Waals surface area contributed by atoms with Gasteiger partial charge in [0.25, 0.3) is 11.8 Å². The number of ketones is 1. The summed E-state index contributed by atoms with van der Waals surface area (Å²) in [5.41, 5.74) is 0.190. The van der Waals surface area contributed by atoms with Gasteiger partial charge in [0.05, 0.1) is 145 Å². The third-order valence-electron chi connectivity index (χ3n) is 5.55. The number of aliphatic hydroxyl groups excluding tert-OH is 1. The summed E-state index contributed by atoms with van der Waals surface area (Å²) >= 11 is 0. The van der Waals surface area contributed by atoms with E-state index in [4.69, 9.17) is 52.5 Å². The molecule has 0 aromatic heterocycles. The Morgan fingerprint density at radius 2 is 0.889 bits per heavy atom. The molecule has 0 bridgehead atoms. The van der Waals surface area contributed by atoms with E-state index in [-0.39, 0.29) is 30.9 Å². The topological polar surface area (TPSA) is 188 Å². The zero-order valence-corrected chi connectivity index (χ0v) is 26.3. The highest BCUT2D eigenvalue weighted by molar-refractivity contribution is 6.17. The molecule has 0 aromatic rings. The third kappa shape index (κ3) is 28.1. The van der Waals surface area contributed by atoms with Crippen molar-refractivity contribution in [3.05, 3.63) is 11.6 Å². The largest absolute Gasteiger partial charge is 0.394 e. The zero-order valence-electron chi connectivity index (χ0n) is 26.3. The molecule has 0 aliphatic carbocycles. The second kappa shape index (κ2) is 32.0. The van der Waals surface area contributed by atoms with Gasteiger partial charge < -0.3 is 57.8 Å². The summed E-state index contributed by atoms with van der Waals surface area (Å²) in [7, 11) is 0. The summed E-state index contributed by atoms with van der Waals surface area (Å²) < 4.78 is 53.8. The van der Waals surface area contributed by atoms with Crippen molar-refractivity contribution in [2.75, 3.05) is 152 Å². The minimum atomic E-state index is -0.508. The minimum Gasteiger partial charge on any atom is -0.394 e. The molecule has 16 heteroatoms. The van der Waals surface area contributed by atoms with Crippen molar-refractivity contribution in [1.82, 2.24) is 10.6 Å². The van der Waals surface area contributed by atoms with Gasteiger partial charge in [0.1, 0.15) is 0 Å². The number of nitrogens with one attached hydrogen (secondary N) is 2. The molecule has 0 fully saturated rings. The molecule has 0 saturated heterocycles. The number of Topliss-reactive ketones (excluding diaryl/α,β-unsaturated/α-hetero) is 1. The van der Waals surface area contributed by atoms with Gasteiger partial charge in [-0.1, -0.05) is 0 Å². The molecule has 0 aromatic carbocycles. The van der Waals surface area contributed by atoms with Crippen LogP contribution in [0.3, 0.4) is 0 Å². The Morgan fingerprint density at radius 1 is 0.556 bits per heavy atom. The van der Waals surface area contributed by atoms with E-state index in [1.165, 1.54) is 0 Å². The minimum absolute atomic E-state index is 0.0169. The fraction of sp³-hybridized carbons (Fsp3) is 0.828. The number of rotatable bonds is 36. The quantitative estimate of drug-likeness (QED) is 0.0512. The lowest BCUT2D eigenvalue weighted by atomic mass is 10.1. The SMILES string of the molecule is O=C(CNCCOCCOCCOCCOCCOCCOCCOCCOCCOCCOCCO)CC1=CC(=O)NC1=O. The summed E-state index contributed by atoms with van der Waals surface area (Å²) in [5.74, 6) is -1.17. The molecular formula is C29H52N2O14. The molecule has 1 aliphatic rings. The number of hydrogen-bond donors (Lipinski definition) is 3. The molecule has 2 amide bonds. The average Bonchev–Trinajstić information content (AvgIpc) is 3.34. The lowest BCUT2D eigenvalue weighted by Gasteiger charge is -2.09. The van der Waals surface area contributed by atoms with Crippen LogP contribution in [0.5, 0.6) is 0 Å². The van der Waals surface area contributed by atoms with Crippen LogP contribution in [0.15, 0.2) is 11.6 Å². The predicted molar refractivity (Wildman–Crippen MR) is 159 cm³/mol. The summed E-state index contributed by atoms with van der Waals surface area (Å²) in [5, 5.41) is 13.6. The Labute approximate surface area is 265 Å². The second-order valence-electron chi connectivity index (χ2n) is 9.23. The molecular weight excluding hydrogens is 600 g/mol. The average molecular weight is 653 g/mol. The molecule has 0 unspecified atom stereocenters. The molecule has 1 rings (SSSR count). The molecule has 1 heterocycles. The Bertz CT molecular complexity index is 771. The van der Waals surface area contributed by atoms with E-state index in [1.54, 1.807) is 0 Å². The summed E-state index contributed by atoms with van der Waals surface area (Å²) in [6, 6.07) is 0. The normalized spacial score (nSPS) is 13.0. The van der Waals surface area contributed by atoms with Crippen molar-refractivity contribution in [3.63, 3.8) is 0 Å². The summed E-state index contributed by atoms with van der Waals surface area (Å²) in [6.07, 6.45) is 1.08. The lowest BCUT2D eigenvalue weighted by molar-refractivity contribution is -0.125. The fourth-order valence-corrected chi connectivity index (χ4v) is 3.38. The standard InChI is InChI=1S/C29H52N2O14/c32-2-4-37-6-8-39-10-12-41-14-16-43-18-20-45-22-21-44-19-17-42-15-13-40-11-9-38-7-5-36-3-1-30-25-27(33)23-26-24-28(34)31-29(26)35/h24,30,32H,1-23,25H2,(H,31,34,35). The monoisotopic (exact) mass is 652 g/mol. The number of amides is 2. The molecule has 0 atom stereocenters. The first-order chi connectivity index (χ1) is 22.1. The van der Waals surface area contributed by atoms with Gasteiger partial charge in [0.2, 0.25) is 0 Å². The summed E-state index contributed by atoms with van der Waals surface area (Å²) in [6.45, 7) is 9.82. The highest BCUT2D eigenvalue weighted by Gasteiger charge is 2.22. The van der Waals surface area contributed by atoms with Gasteiger partial charge in [0, 0.05) is 24.6 Å². The highest BCUT2D eigenvalue weighted by Crippen LogP contribution is 2.07. The Balaban J connectivity index is 1.65. The van der Waals surface area contributed by atoms with E-state index in [9.17, 15) is 14.4 Å². The van der Waals surface area contributed by atoms with Crippen molar-refractivity contribution < 1.29 is 66.9 Å². The molecule has 3 N–H and O–H groups in total. The van der Waals surface area contributed by atoms with Gasteiger partial charge in [-0.3, -0.25) is 19.7 Å². The Morgan fingerprint density at radius 3 is 1.20 bits per heavy atom. The van der Waals surface area contributed by atoms with Crippen molar-refractivity contribution in [2.45, 2.75) is 6.42 Å². The van der Waals surface area contributed by atoms with E-state index in [1.807, 2.05) is 0 Å². The van der Waals surface area contributed by atoms with Gasteiger partial charge in [-0.25, -0.2) is 0 Å². The number of ether oxygens (including phenoxy) is 10. The van der Waals surface area contributed by atoms with Gasteiger partial charge in [-0.2, -0.15) is 0 Å². The van der Waals surface area contributed by atoms with Crippen LogP contribution in [-0.2, 0) is 61.8 Å². The first-order valence-electron chi connectivity index (χ1n) is 15.3. The maximum atomic E-state index is 11.8. The Kier molecular flexibility index (Phi) is 29.2. The van der Waals surface area contributed by atoms with Gasteiger partial charge in [-0.15, -0.1) is 0 Å². The van der Waals surface area contributed by atoms with Gasteiger partial charge in [-0.05, 0) is 0 Å². The number of hydrogen-bond acceptors (Lipinski definition) is 15. The van der Waals surface area contributed by atoms with Crippen molar-refractivity contribution in [3.8, 4) is 0 Å². The number of carbonyl (C=O) groups excluding carboxylic acids is 3. The van der Waals surface area contributed by atoms with Crippen LogP contribution in [0.25, 0.3) is 0 Å². The first-order valence-corrected chi connectivity index (χ1v) is 15.3. The molecule has 16 nitrogen and oxygen atoms in total. The van der Waals surface area contributed by atoms with Gasteiger partial charge in [0.15, 0.2) is 5.78 Å². The highest BCUT2D eigenvalue weighted by atomic mass is 16.6. The second-order valence-corrected chi connectivity index (χ2v) is 9.23. The van der Waals surface area contributed by atoms with Crippen LogP contribution < -0.4 is 10.6 Å². The van der Waals surface area contributed by atoms with Crippen LogP contribution in [0.1, 0.15) is 6.42 Å². The molecule has 1 aliphatic heterocycles.